The van der Waals surface area contributed by atoms with Crippen LogP contribution in [0.25, 0.3) is 0 Å². The molecule has 3 rings (SSSR count). The number of halogens is 1. The summed E-state index contributed by atoms with van der Waals surface area (Å²) in [5.41, 5.74) is 0.934. The normalized spacial score (nSPS) is 12.1. The summed E-state index contributed by atoms with van der Waals surface area (Å²) in [5.74, 6) is 0.658. The van der Waals surface area contributed by atoms with E-state index in [2.05, 4.69) is 10.3 Å². The first-order chi connectivity index (χ1) is 10.6. The number of carbonyl (C=O) groups is 1. The van der Waals surface area contributed by atoms with Gasteiger partial charge in [0.2, 0.25) is 0 Å². The number of nitrogens with one attached hydrogen (secondary N) is 1. The summed E-state index contributed by atoms with van der Waals surface area (Å²) in [6.45, 7) is 0. The molecule has 0 saturated heterocycles. The Kier molecular flexibility index (Phi) is 4.27. The third-order valence-corrected chi connectivity index (χ3v) is 4.46. The Morgan fingerprint density at radius 3 is 2.68 bits per heavy atom. The van der Waals surface area contributed by atoms with Crippen LogP contribution in [0.15, 0.2) is 54.2 Å². The van der Waals surface area contributed by atoms with Gasteiger partial charge < -0.3 is 9.88 Å². The summed E-state index contributed by atoms with van der Waals surface area (Å²) in [7, 11) is 1.91. The Morgan fingerprint density at radius 2 is 2.09 bits per heavy atom. The van der Waals surface area contributed by atoms with Gasteiger partial charge in [-0.3, -0.25) is 4.79 Å². The molecule has 0 fully saturated rings. The van der Waals surface area contributed by atoms with Crippen molar-refractivity contribution < 1.29 is 4.79 Å². The van der Waals surface area contributed by atoms with Crippen LogP contribution >= 0.6 is 22.9 Å². The van der Waals surface area contributed by atoms with Crippen molar-refractivity contribution >= 4 is 28.8 Å². The molecular weight excluding hydrogens is 318 g/mol. The number of rotatable bonds is 4. The molecule has 0 spiro atoms. The second-order valence-corrected chi connectivity index (χ2v) is 6.22. The lowest BCUT2D eigenvalue weighted by Crippen LogP contribution is -2.30. The standard InChI is InChI=1S/C16H14ClN3OS/c1-20-9-8-18-15(20)14(11-4-6-12(17)7-5-11)19-16(21)13-3-2-10-22-13/h2-10,14H,1H3,(H,19,21). The molecule has 1 aromatic carbocycles. The molecule has 0 saturated carbocycles. The van der Waals surface area contributed by atoms with Gasteiger partial charge in [-0.15, -0.1) is 11.3 Å². The van der Waals surface area contributed by atoms with Crippen LogP contribution in [0.3, 0.4) is 0 Å². The summed E-state index contributed by atoms with van der Waals surface area (Å²) < 4.78 is 1.90. The lowest BCUT2D eigenvalue weighted by atomic mass is 10.1. The van der Waals surface area contributed by atoms with Gasteiger partial charge in [0.1, 0.15) is 11.9 Å². The number of amides is 1. The fraction of sp³-hybridized carbons (Fsp3) is 0.125. The van der Waals surface area contributed by atoms with E-state index in [-0.39, 0.29) is 11.9 Å². The Hall–Kier alpha value is -2.11. The average Bonchev–Trinajstić information content (AvgIpc) is 3.17. The number of benzene rings is 1. The number of aryl methyl sites for hydroxylation is 1. The van der Waals surface area contributed by atoms with Gasteiger partial charge in [-0.1, -0.05) is 29.8 Å². The highest BCUT2D eigenvalue weighted by Crippen LogP contribution is 2.23. The van der Waals surface area contributed by atoms with E-state index < -0.39 is 0 Å². The molecule has 4 nitrogen and oxygen atoms in total. The molecular formula is C16H14ClN3OS. The van der Waals surface area contributed by atoms with Crippen molar-refractivity contribution in [1.29, 1.82) is 0 Å². The molecule has 6 heteroatoms. The second-order valence-electron chi connectivity index (χ2n) is 4.83. The van der Waals surface area contributed by atoms with Crippen LogP contribution in [0.1, 0.15) is 27.1 Å². The predicted molar refractivity (Wildman–Crippen MR) is 88.3 cm³/mol. The minimum Gasteiger partial charge on any atom is -0.337 e. The van der Waals surface area contributed by atoms with Crippen LogP contribution in [-0.2, 0) is 7.05 Å². The fourth-order valence-corrected chi connectivity index (χ4v) is 2.97. The largest absolute Gasteiger partial charge is 0.337 e. The Balaban J connectivity index is 1.95. The van der Waals surface area contributed by atoms with Crippen LogP contribution < -0.4 is 5.32 Å². The number of aromatic nitrogens is 2. The van der Waals surface area contributed by atoms with E-state index in [1.165, 1.54) is 11.3 Å². The lowest BCUT2D eigenvalue weighted by molar-refractivity contribution is 0.0945. The Labute approximate surface area is 137 Å². The zero-order chi connectivity index (χ0) is 15.5. The topological polar surface area (TPSA) is 46.9 Å². The quantitative estimate of drug-likeness (QED) is 0.793. The molecule has 0 aliphatic heterocycles. The van der Waals surface area contributed by atoms with Gasteiger partial charge in [0.15, 0.2) is 0 Å². The number of hydrogen-bond donors (Lipinski definition) is 1. The molecule has 2 heterocycles. The summed E-state index contributed by atoms with van der Waals surface area (Å²) in [6.07, 6.45) is 3.57. The molecule has 112 valence electrons. The highest BCUT2D eigenvalue weighted by molar-refractivity contribution is 7.12. The first kappa shape index (κ1) is 14.8. The average molecular weight is 332 g/mol. The molecule has 1 amide bonds. The van der Waals surface area contributed by atoms with E-state index in [9.17, 15) is 4.79 Å². The van der Waals surface area contributed by atoms with Gasteiger partial charge in [-0.2, -0.15) is 0 Å². The molecule has 1 unspecified atom stereocenters. The molecule has 0 radical (unpaired) electrons. The predicted octanol–water partition coefficient (Wildman–Crippen LogP) is 3.65. The van der Waals surface area contributed by atoms with E-state index in [0.29, 0.717) is 9.90 Å². The molecule has 3 aromatic rings. The van der Waals surface area contributed by atoms with Crippen molar-refractivity contribution in [3.8, 4) is 0 Å². The molecule has 1 atom stereocenters. The SMILES string of the molecule is Cn1ccnc1C(NC(=O)c1cccs1)c1ccc(Cl)cc1. The Bertz CT molecular complexity index is 765. The lowest BCUT2D eigenvalue weighted by Gasteiger charge is -2.19. The number of imidazole rings is 1. The van der Waals surface area contributed by atoms with Crippen molar-refractivity contribution in [3.05, 3.63) is 75.5 Å². The van der Waals surface area contributed by atoms with Crippen LogP contribution in [0, 0.1) is 0 Å². The first-order valence-corrected chi connectivity index (χ1v) is 7.98. The van der Waals surface area contributed by atoms with Gasteiger partial charge in [-0.25, -0.2) is 4.98 Å². The third-order valence-electron chi connectivity index (χ3n) is 3.34. The highest BCUT2D eigenvalue weighted by atomic mass is 35.5. The maximum Gasteiger partial charge on any atom is 0.262 e. The van der Waals surface area contributed by atoms with Crippen LogP contribution in [0.4, 0.5) is 0 Å². The molecule has 0 aliphatic rings. The summed E-state index contributed by atoms with van der Waals surface area (Å²) >= 11 is 7.36. The van der Waals surface area contributed by atoms with Crippen molar-refractivity contribution in [2.24, 2.45) is 7.05 Å². The van der Waals surface area contributed by atoms with Crippen LogP contribution in [-0.4, -0.2) is 15.5 Å². The number of nitrogens with zero attached hydrogens (tertiary/aromatic N) is 2. The van der Waals surface area contributed by atoms with E-state index >= 15 is 0 Å². The van der Waals surface area contributed by atoms with Gasteiger partial charge in [0.05, 0.1) is 4.88 Å². The summed E-state index contributed by atoms with van der Waals surface area (Å²) in [5, 5.41) is 5.58. The molecule has 0 aliphatic carbocycles. The van der Waals surface area contributed by atoms with E-state index in [1.807, 2.05) is 53.5 Å². The van der Waals surface area contributed by atoms with Gasteiger partial charge in [0.25, 0.3) is 5.91 Å². The fourth-order valence-electron chi connectivity index (χ4n) is 2.22. The van der Waals surface area contributed by atoms with Crippen molar-refractivity contribution in [2.45, 2.75) is 6.04 Å². The maximum absolute atomic E-state index is 12.4. The zero-order valence-corrected chi connectivity index (χ0v) is 13.4. The molecule has 2 aromatic heterocycles. The second kappa shape index (κ2) is 6.34. The van der Waals surface area contributed by atoms with Crippen LogP contribution in [0.5, 0.6) is 0 Å². The van der Waals surface area contributed by atoms with Gasteiger partial charge >= 0.3 is 0 Å². The molecule has 1 N–H and O–H groups in total. The molecule has 22 heavy (non-hydrogen) atoms. The number of hydrogen-bond acceptors (Lipinski definition) is 3. The van der Waals surface area contributed by atoms with E-state index in [1.54, 1.807) is 12.3 Å². The maximum atomic E-state index is 12.4. The van der Waals surface area contributed by atoms with Crippen LogP contribution in [0.2, 0.25) is 5.02 Å². The first-order valence-electron chi connectivity index (χ1n) is 6.72. The van der Waals surface area contributed by atoms with E-state index in [4.69, 9.17) is 11.6 Å². The van der Waals surface area contributed by atoms with Gasteiger partial charge in [0, 0.05) is 24.5 Å². The van der Waals surface area contributed by atoms with Gasteiger partial charge in [-0.05, 0) is 29.1 Å². The monoisotopic (exact) mass is 331 g/mol. The summed E-state index contributed by atoms with van der Waals surface area (Å²) in [6, 6.07) is 10.8. The van der Waals surface area contributed by atoms with Crippen molar-refractivity contribution in [2.75, 3.05) is 0 Å². The minimum absolute atomic E-state index is 0.113. The third kappa shape index (κ3) is 3.05. The number of carbonyl (C=O) groups excluding carboxylic acids is 1. The summed E-state index contributed by atoms with van der Waals surface area (Å²) in [4.78, 5) is 17.4. The number of thiophene rings is 1. The molecule has 0 bridgehead atoms. The highest BCUT2D eigenvalue weighted by Gasteiger charge is 2.21. The van der Waals surface area contributed by atoms with Crippen molar-refractivity contribution in [1.82, 2.24) is 14.9 Å². The Morgan fingerprint density at radius 1 is 1.32 bits per heavy atom. The smallest absolute Gasteiger partial charge is 0.262 e. The van der Waals surface area contributed by atoms with E-state index in [0.717, 1.165) is 11.4 Å². The minimum atomic E-state index is -0.327. The zero-order valence-electron chi connectivity index (χ0n) is 11.9. The van der Waals surface area contributed by atoms with Crippen molar-refractivity contribution in [3.63, 3.8) is 0 Å².